The van der Waals surface area contributed by atoms with Gasteiger partial charge in [0.1, 0.15) is 17.5 Å². The van der Waals surface area contributed by atoms with E-state index in [2.05, 4.69) is 21.2 Å². The van der Waals surface area contributed by atoms with Crippen molar-refractivity contribution in [1.82, 2.24) is 5.32 Å². The zero-order valence-corrected chi connectivity index (χ0v) is 13.4. The molecule has 1 rings (SSSR count). The molecular formula is C14H17BrFNO3. The summed E-state index contributed by atoms with van der Waals surface area (Å²) in [5.41, 5.74) is -0.504. The van der Waals surface area contributed by atoms with Crippen molar-refractivity contribution in [1.29, 1.82) is 0 Å². The number of carbonyl (C=O) groups is 2. The van der Waals surface area contributed by atoms with Gasteiger partial charge in [0.05, 0.1) is 10.0 Å². The average Bonchev–Trinajstić information content (AvgIpc) is 2.30. The van der Waals surface area contributed by atoms with Gasteiger partial charge >= 0.3 is 5.97 Å². The van der Waals surface area contributed by atoms with E-state index >= 15 is 0 Å². The van der Waals surface area contributed by atoms with Crippen LogP contribution in [0.3, 0.4) is 0 Å². The highest BCUT2D eigenvalue weighted by atomic mass is 79.9. The van der Waals surface area contributed by atoms with Gasteiger partial charge in [0.2, 0.25) is 0 Å². The summed E-state index contributed by atoms with van der Waals surface area (Å²) in [6.07, 6.45) is 0. The second-order valence-electron chi connectivity index (χ2n) is 5.33. The number of benzene rings is 1. The Balaban J connectivity index is 2.76. The van der Waals surface area contributed by atoms with Crippen LogP contribution in [-0.2, 0) is 9.53 Å². The van der Waals surface area contributed by atoms with E-state index in [1.54, 1.807) is 20.8 Å². The number of carbonyl (C=O) groups excluding carboxylic acids is 2. The number of halogens is 2. The lowest BCUT2D eigenvalue weighted by atomic mass is 10.1. The fourth-order valence-electron chi connectivity index (χ4n) is 1.40. The first-order chi connectivity index (χ1) is 9.11. The van der Waals surface area contributed by atoms with Gasteiger partial charge in [-0.15, -0.1) is 0 Å². The standard InChI is InChI=1S/C14H17BrFNO3/c1-8(13(19)20-14(2,3)4)17-12(18)9-6-5-7-10(16)11(9)15/h5-8H,1-4H3,(H,17,18)/t8-/m1/s1. The summed E-state index contributed by atoms with van der Waals surface area (Å²) in [5, 5.41) is 2.48. The molecule has 1 amide bonds. The van der Waals surface area contributed by atoms with E-state index in [0.29, 0.717) is 0 Å². The summed E-state index contributed by atoms with van der Waals surface area (Å²) >= 11 is 3.00. The molecule has 0 aliphatic carbocycles. The van der Waals surface area contributed by atoms with Crippen molar-refractivity contribution in [3.8, 4) is 0 Å². The molecule has 1 aromatic rings. The number of nitrogens with one attached hydrogen (secondary N) is 1. The maximum Gasteiger partial charge on any atom is 0.328 e. The van der Waals surface area contributed by atoms with Crippen LogP contribution >= 0.6 is 15.9 Å². The van der Waals surface area contributed by atoms with Gasteiger partial charge < -0.3 is 10.1 Å². The van der Waals surface area contributed by atoms with Crippen molar-refractivity contribution in [2.45, 2.75) is 39.3 Å². The molecule has 0 aromatic heterocycles. The minimum atomic E-state index is -0.822. The molecule has 0 saturated carbocycles. The van der Waals surface area contributed by atoms with E-state index in [9.17, 15) is 14.0 Å². The normalized spacial score (nSPS) is 12.7. The summed E-state index contributed by atoms with van der Waals surface area (Å²) in [4.78, 5) is 23.7. The molecule has 0 radical (unpaired) electrons. The van der Waals surface area contributed by atoms with E-state index in [-0.39, 0.29) is 10.0 Å². The molecule has 6 heteroatoms. The van der Waals surface area contributed by atoms with Crippen LogP contribution in [0.1, 0.15) is 38.1 Å². The summed E-state index contributed by atoms with van der Waals surface area (Å²) in [7, 11) is 0. The summed E-state index contributed by atoms with van der Waals surface area (Å²) in [6, 6.07) is 3.30. The molecule has 0 heterocycles. The van der Waals surface area contributed by atoms with E-state index in [1.165, 1.54) is 25.1 Å². The smallest absolute Gasteiger partial charge is 0.328 e. The number of rotatable bonds is 3. The molecular weight excluding hydrogens is 329 g/mol. The Morgan fingerprint density at radius 3 is 2.50 bits per heavy atom. The SMILES string of the molecule is C[C@@H](NC(=O)c1cccc(F)c1Br)C(=O)OC(C)(C)C. The van der Waals surface area contributed by atoms with Gasteiger partial charge in [-0.3, -0.25) is 4.79 Å². The fourth-order valence-corrected chi connectivity index (χ4v) is 1.85. The minimum absolute atomic E-state index is 0.0638. The quantitative estimate of drug-likeness (QED) is 0.856. The van der Waals surface area contributed by atoms with Crippen LogP contribution in [0.4, 0.5) is 4.39 Å². The summed E-state index contributed by atoms with van der Waals surface area (Å²) < 4.78 is 18.6. The maximum atomic E-state index is 13.3. The van der Waals surface area contributed by atoms with Gasteiger partial charge in [-0.25, -0.2) is 9.18 Å². The summed E-state index contributed by atoms with van der Waals surface area (Å²) in [6.45, 7) is 6.73. The van der Waals surface area contributed by atoms with Crippen LogP contribution in [0, 0.1) is 5.82 Å². The van der Waals surface area contributed by atoms with Gasteiger partial charge in [0.15, 0.2) is 0 Å². The molecule has 0 bridgehead atoms. The Hall–Kier alpha value is -1.43. The molecule has 4 nitrogen and oxygen atoms in total. The molecule has 1 aromatic carbocycles. The average molecular weight is 346 g/mol. The number of amides is 1. The second kappa shape index (κ2) is 6.35. The first kappa shape index (κ1) is 16.6. The number of hydrogen-bond donors (Lipinski definition) is 1. The lowest BCUT2D eigenvalue weighted by molar-refractivity contribution is -0.156. The van der Waals surface area contributed by atoms with Crippen molar-refractivity contribution in [2.75, 3.05) is 0 Å². The monoisotopic (exact) mass is 345 g/mol. The third-order valence-corrected chi connectivity index (χ3v) is 3.11. The lowest BCUT2D eigenvalue weighted by Crippen LogP contribution is -2.42. The van der Waals surface area contributed by atoms with Crippen LogP contribution in [0.2, 0.25) is 0 Å². The Morgan fingerprint density at radius 2 is 1.95 bits per heavy atom. The number of esters is 1. The molecule has 0 saturated heterocycles. The van der Waals surface area contributed by atoms with Gasteiger partial charge in [-0.2, -0.15) is 0 Å². The van der Waals surface area contributed by atoms with Crippen LogP contribution in [0.5, 0.6) is 0 Å². The predicted octanol–water partition coefficient (Wildman–Crippen LogP) is 3.05. The van der Waals surface area contributed by atoms with Crippen LogP contribution in [-0.4, -0.2) is 23.5 Å². The van der Waals surface area contributed by atoms with Crippen molar-refractivity contribution < 1.29 is 18.7 Å². The molecule has 110 valence electrons. The van der Waals surface area contributed by atoms with Gasteiger partial charge in [0, 0.05) is 0 Å². The van der Waals surface area contributed by atoms with Crippen molar-refractivity contribution in [2.24, 2.45) is 0 Å². The summed E-state index contributed by atoms with van der Waals surface area (Å²) in [5.74, 6) is -1.63. The van der Waals surface area contributed by atoms with Crippen molar-refractivity contribution >= 4 is 27.8 Å². The van der Waals surface area contributed by atoms with E-state index in [4.69, 9.17) is 4.74 Å². The van der Waals surface area contributed by atoms with Gasteiger partial charge in [0.25, 0.3) is 5.91 Å². The number of ether oxygens (including phenoxy) is 1. The van der Waals surface area contributed by atoms with E-state index < -0.39 is 29.3 Å². The molecule has 0 unspecified atom stereocenters. The fraction of sp³-hybridized carbons (Fsp3) is 0.429. The lowest BCUT2D eigenvalue weighted by Gasteiger charge is -2.22. The minimum Gasteiger partial charge on any atom is -0.458 e. The molecule has 20 heavy (non-hydrogen) atoms. The third kappa shape index (κ3) is 4.59. The number of hydrogen-bond acceptors (Lipinski definition) is 3. The van der Waals surface area contributed by atoms with Crippen LogP contribution in [0.15, 0.2) is 22.7 Å². The largest absolute Gasteiger partial charge is 0.458 e. The molecule has 0 spiro atoms. The Labute approximate surface area is 125 Å². The topological polar surface area (TPSA) is 55.4 Å². The molecule has 0 aliphatic rings. The van der Waals surface area contributed by atoms with Crippen LogP contribution < -0.4 is 5.32 Å². The highest BCUT2D eigenvalue weighted by molar-refractivity contribution is 9.10. The third-order valence-electron chi connectivity index (χ3n) is 2.30. The Morgan fingerprint density at radius 1 is 1.35 bits per heavy atom. The Kier molecular flexibility index (Phi) is 5.28. The molecule has 1 N–H and O–H groups in total. The highest BCUT2D eigenvalue weighted by Gasteiger charge is 2.24. The van der Waals surface area contributed by atoms with E-state index in [0.717, 1.165) is 0 Å². The molecule has 1 atom stereocenters. The van der Waals surface area contributed by atoms with Gasteiger partial charge in [-0.1, -0.05) is 6.07 Å². The molecule has 0 fully saturated rings. The van der Waals surface area contributed by atoms with E-state index in [1.807, 2.05) is 0 Å². The highest BCUT2D eigenvalue weighted by Crippen LogP contribution is 2.20. The maximum absolute atomic E-state index is 13.3. The Bertz CT molecular complexity index is 526. The second-order valence-corrected chi connectivity index (χ2v) is 6.12. The first-order valence-corrected chi connectivity index (χ1v) is 6.89. The van der Waals surface area contributed by atoms with Gasteiger partial charge in [-0.05, 0) is 55.8 Å². The van der Waals surface area contributed by atoms with Crippen LogP contribution in [0.25, 0.3) is 0 Å². The predicted molar refractivity (Wildman–Crippen MR) is 76.9 cm³/mol. The van der Waals surface area contributed by atoms with Crippen molar-refractivity contribution in [3.63, 3.8) is 0 Å². The van der Waals surface area contributed by atoms with Crippen molar-refractivity contribution in [3.05, 3.63) is 34.1 Å². The zero-order chi connectivity index (χ0) is 15.5. The molecule has 0 aliphatic heterocycles. The first-order valence-electron chi connectivity index (χ1n) is 6.09. The zero-order valence-electron chi connectivity index (χ0n) is 11.8.